The van der Waals surface area contributed by atoms with Crippen LogP contribution >= 0.6 is 0 Å². The van der Waals surface area contributed by atoms with Crippen LogP contribution in [0.25, 0.3) is 0 Å². The minimum atomic E-state index is -0.173. The van der Waals surface area contributed by atoms with Crippen molar-refractivity contribution in [2.75, 3.05) is 27.9 Å². The van der Waals surface area contributed by atoms with Gasteiger partial charge in [0.2, 0.25) is 5.75 Å². The number of amides is 1. The number of methoxy groups -OCH3 is 3. The Kier molecular flexibility index (Phi) is 5.99. The molecule has 0 unspecified atom stereocenters. The molecule has 0 spiro atoms. The van der Waals surface area contributed by atoms with Gasteiger partial charge in [0, 0.05) is 12.1 Å². The minimum absolute atomic E-state index is 0.173. The molecule has 0 aromatic heterocycles. The Morgan fingerprint density at radius 1 is 1.16 bits per heavy atom. The third-order valence-electron chi connectivity index (χ3n) is 2.64. The fraction of sp³-hybridized carbons (Fsp3) is 0.429. The third-order valence-corrected chi connectivity index (χ3v) is 2.64. The summed E-state index contributed by atoms with van der Waals surface area (Å²) in [5, 5.41) is 2.81. The van der Waals surface area contributed by atoms with Crippen LogP contribution in [-0.4, -0.2) is 33.8 Å². The molecule has 1 N–H and O–H groups in total. The highest BCUT2D eigenvalue weighted by atomic mass is 16.5. The molecule has 0 atom stereocenters. The Hall–Kier alpha value is -1.91. The van der Waals surface area contributed by atoms with Crippen molar-refractivity contribution in [2.45, 2.75) is 12.8 Å². The van der Waals surface area contributed by atoms with E-state index in [1.54, 1.807) is 12.1 Å². The van der Waals surface area contributed by atoms with E-state index in [0.717, 1.165) is 12.8 Å². The Morgan fingerprint density at radius 3 is 2.16 bits per heavy atom. The second kappa shape index (κ2) is 7.51. The van der Waals surface area contributed by atoms with Gasteiger partial charge in [0.05, 0.1) is 21.3 Å². The standard InChI is InChI=1S/C14H20NO4/c1-5-6-7-15-14(16)10-8-11(17-2)13(19-4)12(9-10)18-3/h8-9H,1,5-7H2,2-4H3,(H,15,16). The molecule has 5 heteroatoms. The molecule has 1 rings (SSSR count). The Morgan fingerprint density at radius 2 is 1.74 bits per heavy atom. The number of rotatable bonds is 7. The molecule has 1 amide bonds. The zero-order valence-electron chi connectivity index (χ0n) is 11.6. The van der Waals surface area contributed by atoms with Crippen molar-refractivity contribution in [1.29, 1.82) is 0 Å². The molecule has 0 saturated carbocycles. The Balaban J connectivity index is 2.98. The lowest BCUT2D eigenvalue weighted by atomic mass is 10.1. The summed E-state index contributed by atoms with van der Waals surface area (Å²) in [5.41, 5.74) is 0.471. The number of unbranched alkanes of at least 4 members (excludes halogenated alkanes) is 1. The van der Waals surface area contributed by atoms with Gasteiger partial charge in [-0.05, 0) is 18.6 Å². The minimum Gasteiger partial charge on any atom is -0.493 e. The van der Waals surface area contributed by atoms with Crippen LogP contribution in [0.15, 0.2) is 12.1 Å². The summed E-state index contributed by atoms with van der Waals surface area (Å²) in [7, 11) is 4.55. The summed E-state index contributed by atoms with van der Waals surface area (Å²) in [5.74, 6) is 1.22. The van der Waals surface area contributed by atoms with Gasteiger partial charge in [-0.2, -0.15) is 0 Å². The number of nitrogens with one attached hydrogen (secondary N) is 1. The number of carbonyl (C=O) groups is 1. The van der Waals surface area contributed by atoms with Crippen LogP contribution in [0.3, 0.4) is 0 Å². The highest BCUT2D eigenvalue weighted by Gasteiger charge is 2.16. The van der Waals surface area contributed by atoms with E-state index in [1.165, 1.54) is 21.3 Å². The van der Waals surface area contributed by atoms with Gasteiger partial charge in [-0.25, -0.2) is 0 Å². The van der Waals surface area contributed by atoms with Crippen LogP contribution in [0.5, 0.6) is 17.2 Å². The summed E-state index contributed by atoms with van der Waals surface area (Å²) in [6.07, 6.45) is 1.63. The van der Waals surface area contributed by atoms with E-state index in [1.807, 2.05) is 0 Å². The van der Waals surface area contributed by atoms with Crippen LogP contribution in [0, 0.1) is 6.92 Å². The maximum Gasteiger partial charge on any atom is 0.251 e. The van der Waals surface area contributed by atoms with Crippen molar-refractivity contribution < 1.29 is 19.0 Å². The summed E-state index contributed by atoms with van der Waals surface area (Å²) in [4.78, 5) is 12.0. The predicted molar refractivity (Wildman–Crippen MR) is 73.0 cm³/mol. The zero-order valence-corrected chi connectivity index (χ0v) is 11.6. The van der Waals surface area contributed by atoms with E-state index in [9.17, 15) is 4.79 Å². The van der Waals surface area contributed by atoms with Crippen LogP contribution in [-0.2, 0) is 0 Å². The number of benzene rings is 1. The van der Waals surface area contributed by atoms with Crippen molar-refractivity contribution in [3.63, 3.8) is 0 Å². The van der Waals surface area contributed by atoms with Gasteiger partial charge in [0.15, 0.2) is 11.5 Å². The molecule has 105 valence electrons. The lowest BCUT2D eigenvalue weighted by molar-refractivity contribution is 0.0952. The number of carbonyl (C=O) groups excluding carboxylic acids is 1. The largest absolute Gasteiger partial charge is 0.493 e. The maximum absolute atomic E-state index is 12.0. The quantitative estimate of drug-likeness (QED) is 0.767. The molecule has 1 aromatic rings. The van der Waals surface area contributed by atoms with Crippen LogP contribution in [0.4, 0.5) is 0 Å². The first-order valence-electron chi connectivity index (χ1n) is 6.05. The van der Waals surface area contributed by atoms with Gasteiger partial charge < -0.3 is 19.5 Å². The van der Waals surface area contributed by atoms with Crippen molar-refractivity contribution in [3.05, 3.63) is 24.6 Å². The molecule has 19 heavy (non-hydrogen) atoms. The first-order valence-corrected chi connectivity index (χ1v) is 6.05. The van der Waals surface area contributed by atoms with Crippen LogP contribution < -0.4 is 19.5 Å². The normalized spacial score (nSPS) is 9.89. The molecular weight excluding hydrogens is 246 g/mol. The van der Waals surface area contributed by atoms with Crippen molar-refractivity contribution >= 4 is 5.91 Å². The van der Waals surface area contributed by atoms with E-state index in [0.29, 0.717) is 29.4 Å². The average Bonchev–Trinajstić information content (AvgIpc) is 2.45. The highest BCUT2D eigenvalue weighted by molar-refractivity contribution is 5.95. The van der Waals surface area contributed by atoms with Gasteiger partial charge in [-0.1, -0.05) is 13.3 Å². The molecule has 0 heterocycles. The van der Waals surface area contributed by atoms with E-state index < -0.39 is 0 Å². The van der Waals surface area contributed by atoms with Gasteiger partial charge in [-0.3, -0.25) is 4.79 Å². The first-order chi connectivity index (χ1) is 9.17. The average molecular weight is 266 g/mol. The fourth-order valence-corrected chi connectivity index (χ4v) is 1.64. The topological polar surface area (TPSA) is 56.8 Å². The van der Waals surface area contributed by atoms with Gasteiger partial charge in [0.1, 0.15) is 0 Å². The van der Waals surface area contributed by atoms with Crippen molar-refractivity contribution in [2.24, 2.45) is 0 Å². The smallest absolute Gasteiger partial charge is 0.251 e. The molecular formula is C14H20NO4. The summed E-state index contributed by atoms with van der Waals surface area (Å²) in [6, 6.07) is 3.25. The van der Waals surface area contributed by atoms with Crippen LogP contribution in [0.1, 0.15) is 23.2 Å². The monoisotopic (exact) mass is 266 g/mol. The lowest BCUT2D eigenvalue weighted by Gasteiger charge is -2.14. The molecule has 0 aliphatic carbocycles. The highest BCUT2D eigenvalue weighted by Crippen LogP contribution is 2.38. The first kappa shape index (κ1) is 15.1. The molecule has 1 radical (unpaired) electrons. The second-order valence-electron chi connectivity index (χ2n) is 3.88. The van der Waals surface area contributed by atoms with E-state index in [4.69, 9.17) is 14.2 Å². The Bertz CT molecular complexity index is 406. The molecule has 0 aliphatic heterocycles. The summed E-state index contributed by atoms with van der Waals surface area (Å²) >= 11 is 0. The van der Waals surface area contributed by atoms with E-state index in [-0.39, 0.29) is 5.91 Å². The Labute approximate surface area is 113 Å². The van der Waals surface area contributed by atoms with Gasteiger partial charge >= 0.3 is 0 Å². The third kappa shape index (κ3) is 3.77. The number of hydrogen-bond acceptors (Lipinski definition) is 4. The summed E-state index contributed by atoms with van der Waals surface area (Å²) in [6.45, 7) is 4.32. The van der Waals surface area contributed by atoms with Crippen molar-refractivity contribution in [3.8, 4) is 17.2 Å². The maximum atomic E-state index is 12.0. The van der Waals surface area contributed by atoms with E-state index >= 15 is 0 Å². The molecule has 0 bridgehead atoms. The number of ether oxygens (including phenoxy) is 3. The summed E-state index contributed by atoms with van der Waals surface area (Å²) < 4.78 is 15.6. The molecule has 1 aromatic carbocycles. The molecule has 0 saturated heterocycles. The SMILES string of the molecule is [CH2]CCCNC(=O)c1cc(OC)c(OC)c(OC)c1. The van der Waals surface area contributed by atoms with E-state index in [2.05, 4.69) is 12.2 Å². The zero-order chi connectivity index (χ0) is 14.3. The van der Waals surface area contributed by atoms with Gasteiger partial charge in [0.25, 0.3) is 5.91 Å². The lowest BCUT2D eigenvalue weighted by Crippen LogP contribution is -2.24. The molecule has 5 nitrogen and oxygen atoms in total. The second-order valence-corrected chi connectivity index (χ2v) is 3.88. The van der Waals surface area contributed by atoms with Crippen molar-refractivity contribution in [1.82, 2.24) is 5.32 Å². The number of hydrogen-bond donors (Lipinski definition) is 1. The van der Waals surface area contributed by atoms with Gasteiger partial charge in [-0.15, -0.1) is 0 Å². The molecule has 0 fully saturated rings. The van der Waals surface area contributed by atoms with Crippen LogP contribution in [0.2, 0.25) is 0 Å². The molecule has 0 aliphatic rings. The predicted octanol–water partition coefficient (Wildman–Crippen LogP) is 2.06. The fourth-order valence-electron chi connectivity index (χ4n) is 1.64.